The number of aryl methyl sites for hydroxylation is 4. The minimum atomic E-state index is -4.48. The first-order valence-corrected chi connectivity index (χ1v) is 11.1. The number of anilines is 2. The molecule has 3 aromatic rings. The zero-order valence-corrected chi connectivity index (χ0v) is 19.1. The molecule has 1 saturated carbocycles. The summed E-state index contributed by atoms with van der Waals surface area (Å²) in [6.07, 6.45) is 2.32. The van der Waals surface area contributed by atoms with Gasteiger partial charge in [-0.3, -0.25) is 14.2 Å². The Hall–Kier alpha value is -3.44. The molecule has 1 N–H and O–H groups in total. The van der Waals surface area contributed by atoms with Gasteiger partial charge in [-0.25, -0.2) is 9.97 Å². The first-order valence-electron chi connectivity index (χ1n) is 11.1. The third kappa shape index (κ3) is 4.24. The molecule has 9 nitrogen and oxygen atoms in total. The Bertz CT molecular complexity index is 1240. The second kappa shape index (κ2) is 8.10. The second-order valence-corrected chi connectivity index (χ2v) is 8.99. The number of rotatable bonds is 6. The number of hydrogen-bond donors (Lipinski definition) is 1. The van der Waals surface area contributed by atoms with Gasteiger partial charge in [-0.2, -0.15) is 23.4 Å². The van der Waals surface area contributed by atoms with Gasteiger partial charge in [0, 0.05) is 26.7 Å². The van der Waals surface area contributed by atoms with Crippen molar-refractivity contribution >= 4 is 17.4 Å². The summed E-state index contributed by atoms with van der Waals surface area (Å²) in [5.74, 6) is 1.78. The van der Waals surface area contributed by atoms with E-state index in [0.29, 0.717) is 36.0 Å². The summed E-state index contributed by atoms with van der Waals surface area (Å²) in [5, 5.41) is 10.8. The highest BCUT2D eigenvalue weighted by Crippen LogP contribution is 2.41. The summed E-state index contributed by atoms with van der Waals surface area (Å²) >= 11 is 0. The van der Waals surface area contributed by atoms with Crippen LogP contribution in [0.1, 0.15) is 41.3 Å². The molecule has 0 saturated heterocycles. The lowest BCUT2D eigenvalue weighted by atomic mass is 10.1. The summed E-state index contributed by atoms with van der Waals surface area (Å²) in [6.45, 7) is 2.04. The molecular formula is C22H25F3N8O. The summed E-state index contributed by atoms with van der Waals surface area (Å²) in [5.41, 5.74) is 1.81. The second-order valence-electron chi connectivity index (χ2n) is 8.99. The van der Waals surface area contributed by atoms with Gasteiger partial charge in [-0.05, 0) is 43.7 Å². The number of nitrogens with one attached hydrogen (secondary N) is 1. The van der Waals surface area contributed by atoms with Crippen LogP contribution in [0.25, 0.3) is 0 Å². The van der Waals surface area contributed by atoms with Gasteiger partial charge in [-0.15, -0.1) is 0 Å². The van der Waals surface area contributed by atoms with Gasteiger partial charge in [0.15, 0.2) is 11.5 Å². The molecule has 1 fully saturated rings. The number of fused-ring (bicyclic) bond motifs is 1. The number of alkyl halides is 3. The number of likely N-dealkylation sites (N-methyl/N-ethyl adjacent to an activating group) is 1. The van der Waals surface area contributed by atoms with Crippen LogP contribution in [0.2, 0.25) is 0 Å². The Balaban J connectivity index is 1.27. The van der Waals surface area contributed by atoms with Crippen LogP contribution in [-0.2, 0) is 37.4 Å². The molecule has 3 aromatic heterocycles. The SMILES string of the molecule is Cc1nc(CCc2cnn(Cc3cc(C(F)(F)F)nn3C)c2)nc2c1NC(=O)[C@H](C1CC1)N2C. The van der Waals surface area contributed by atoms with Crippen LogP contribution >= 0.6 is 0 Å². The molecule has 1 aliphatic heterocycles. The molecule has 12 heteroatoms. The fourth-order valence-corrected chi connectivity index (χ4v) is 4.41. The Kier molecular flexibility index (Phi) is 5.33. The van der Waals surface area contributed by atoms with Gasteiger partial charge >= 0.3 is 6.18 Å². The molecule has 1 atom stereocenters. The summed E-state index contributed by atoms with van der Waals surface area (Å²) in [7, 11) is 3.39. The zero-order valence-electron chi connectivity index (χ0n) is 19.1. The van der Waals surface area contributed by atoms with Crippen LogP contribution in [0.5, 0.6) is 0 Å². The highest BCUT2D eigenvalue weighted by molar-refractivity contribution is 6.03. The van der Waals surface area contributed by atoms with Crippen molar-refractivity contribution < 1.29 is 18.0 Å². The third-order valence-corrected chi connectivity index (χ3v) is 6.37. The minimum absolute atomic E-state index is 0.000130. The van der Waals surface area contributed by atoms with Gasteiger partial charge in [0.05, 0.1) is 24.1 Å². The first-order chi connectivity index (χ1) is 16.1. The average Bonchev–Trinajstić information content (AvgIpc) is 3.37. The fourth-order valence-electron chi connectivity index (χ4n) is 4.41. The smallest absolute Gasteiger partial charge is 0.346 e. The van der Waals surface area contributed by atoms with Crippen LogP contribution in [-0.4, -0.2) is 48.5 Å². The lowest BCUT2D eigenvalue weighted by molar-refractivity contribution is -0.141. The van der Waals surface area contributed by atoms with Crippen LogP contribution in [0.4, 0.5) is 24.7 Å². The molecule has 0 aromatic carbocycles. The molecular weight excluding hydrogens is 449 g/mol. The number of nitrogens with zero attached hydrogens (tertiary/aromatic N) is 7. The average molecular weight is 474 g/mol. The summed E-state index contributed by atoms with van der Waals surface area (Å²) in [4.78, 5) is 23.8. The van der Waals surface area contributed by atoms with Crippen molar-refractivity contribution in [2.24, 2.45) is 13.0 Å². The number of amides is 1. The van der Waals surface area contributed by atoms with Gasteiger partial charge < -0.3 is 10.2 Å². The highest BCUT2D eigenvalue weighted by atomic mass is 19.4. The van der Waals surface area contributed by atoms with E-state index < -0.39 is 11.9 Å². The Morgan fingerprint density at radius 1 is 1.18 bits per heavy atom. The molecule has 0 bridgehead atoms. The van der Waals surface area contributed by atoms with E-state index in [9.17, 15) is 18.0 Å². The number of aromatic nitrogens is 6. The van der Waals surface area contributed by atoms with Crippen molar-refractivity contribution in [1.82, 2.24) is 29.5 Å². The normalized spacial score (nSPS) is 18.2. The Morgan fingerprint density at radius 2 is 1.94 bits per heavy atom. The molecule has 180 valence electrons. The molecule has 2 aliphatic rings. The lowest BCUT2D eigenvalue weighted by Gasteiger charge is -2.35. The van der Waals surface area contributed by atoms with E-state index in [1.165, 1.54) is 11.7 Å². The van der Waals surface area contributed by atoms with E-state index in [1.807, 2.05) is 18.9 Å². The Labute approximate surface area is 194 Å². The summed E-state index contributed by atoms with van der Waals surface area (Å²) < 4.78 is 41.5. The van der Waals surface area contributed by atoms with Gasteiger partial charge in [0.2, 0.25) is 5.91 Å². The number of halogens is 3. The van der Waals surface area contributed by atoms with Crippen LogP contribution in [0.15, 0.2) is 18.5 Å². The number of carbonyl (C=O) groups excluding carboxylic acids is 1. The topological polar surface area (TPSA) is 93.8 Å². The van der Waals surface area contributed by atoms with Crippen molar-refractivity contribution in [3.63, 3.8) is 0 Å². The quantitative estimate of drug-likeness (QED) is 0.591. The van der Waals surface area contributed by atoms with Crippen LogP contribution in [0, 0.1) is 12.8 Å². The monoisotopic (exact) mass is 474 g/mol. The van der Waals surface area contributed by atoms with Gasteiger partial charge in [0.25, 0.3) is 0 Å². The van der Waals surface area contributed by atoms with Gasteiger partial charge in [-0.1, -0.05) is 0 Å². The first kappa shape index (κ1) is 22.4. The zero-order chi connectivity index (χ0) is 24.2. The van der Waals surface area contributed by atoms with Crippen molar-refractivity contribution in [2.75, 3.05) is 17.3 Å². The Morgan fingerprint density at radius 3 is 2.62 bits per heavy atom. The maximum atomic E-state index is 12.9. The lowest BCUT2D eigenvalue weighted by Crippen LogP contribution is -2.48. The van der Waals surface area contributed by atoms with Crippen molar-refractivity contribution in [3.8, 4) is 0 Å². The fraction of sp³-hybridized carbons (Fsp3) is 0.500. The minimum Gasteiger partial charge on any atom is -0.346 e. The van der Waals surface area contributed by atoms with E-state index in [-0.39, 0.29) is 18.5 Å². The predicted octanol–water partition coefficient (Wildman–Crippen LogP) is 2.73. The molecule has 0 spiro atoms. The standard InChI is InChI=1S/C22H25F3N8O/c1-12-18-20(31(2)19(14-5-6-14)21(34)29-18)28-17(27-12)7-4-13-9-26-33(10-13)11-15-8-16(22(23,24)25)30-32(15)3/h8-10,14,19H,4-7,11H2,1-3H3,(H,29,34)/t19-/m0/s1. The predicted molar refractivity (Wildman–Crippen MR) is 117 cm³/mol. The van der Waals surface area contributed by atoms with Crippen molar-refractivity contribution in [1.29, 1.82) is 0 Å². The largest absolute Gasteiger partial charge is 0.435 e. The van der Waals surface area contributed by atoms with E-state index in [2.05, 4.69) is 20.5 Å². The van der Waals surface area contributed by atoms with E-state index >= 15 is 0 Å². The molecule has 0 unspecified atom stereocenters. The third-order valence-electron chi connectivity index (χ3n) is 6.37. The highest BCUT2D eigenvalue weighted by Gasteiger charge is 2.43. The molecule has 1 aliphatic carbocycles. The molecule has 1 amide bonds. The molecule has 0 radical (unpaired) electrons. The van der Waals surface area contributed by atoms with E-state index in [1.54, 1.807) is 17.1 Å². The maximum Gasteiger partial charge on any atom is 0.435 e. The van der Waals surface area contributed by atoms with Crippen LogP contribution in [0.3, 0.4) is 0 Å². The number of hydrogen-bond acceptors (Lipinski definition) is 6. The molecule has 4 heterocycles. The van der Waals surface area contributed by atoms with Crippen molar-refractivity contribution in [2.45, 2.75) is 51.4 Å². The van der Waals surface area contributed by atoms with E-state index in [4.69, 9.17) is 4.98 Å². The molecule has 34 heavy (non-hydrogen) atoms. The van der Waals surface area contributed by atoms with E-state index in [0.717, 1.165) is 36.0 Å². The summed E-state index contributed by atoms with van der Waals surface area (Å²) in [6, 6.07) is 0.840. The van der Waals surface area contributed by atoms with Crippen LogP contribution < -0.4 is 10.2 Å². The van der Waals surface area contributed by atoms with Gasteiger partial charge in [0.1, 0.15) is 17.6 Å². The molecule has 5 rings (SSSR count). The number of carbonyl (C=O) groups is 1. The maximum absolute atomic E-state index is 12.9. The van der Waals surface area contributed by atoms with Crippen molar-refractivity contribution in [3.05, 3.63) is 46.9 Å².